The summed E-state index contributed by atoms with van der Waals surface area (Å²) >= 11 is 0. The minimum Gasteiger partial charge on any atom is -0.392 e. The summed E-state index contributed by atoms with van der Waals surface area (Å²) in [5, 5.41) is 17.7. The first kappa shape index (κ1) is 36.7. The first-order chi connectivity index (χ1) is 23.3. The van der Waals surface area contributed by atoms with Crippen molar-refractivity contribution < 1.29 is 23.1 Å². The van der Waals surface area contributed by atoms with Gasteiger partial charge in [0.1, 0.15) is 6.04 Å². The number of piperazine rings is 1. The van der Waals surface area contributed by atoms with E-state index in [9.17, 15) is 23.1 Å². The first-order valence-corrected chi connectivity index (χ1v) is 19.3. The zero-order valence-electron chi connectivity index (χ0n) is 29.1. The van der Waals surface area contributed by atoms with Gasteiger partial charge in [-0.3, -0.25) is 19.4 Å². The zero-order chi connectivity index (χ0) is 35.0. The standard InChI is InChI=1S/C39H52N4O5S/c1-39(2,3)41-38(46)36-26-42(20-12-17-29-13-6-4-7-14-29)21-22-43(36)25-33(44)24-32(23-30-15-8-5-9-16-30)37(45)40-35-28-49(47,48)27-31-18-10-11-19-34(31)35/h4-11,13-16,18-19,32-33,35-36,44H,12,17,20-28H2,1-3H3,(H,40,45)(H,41,46)/t32-,33+,35-,36+/m1/s1. The lowest BCUT2D eigenvalue weighted by Crippen LogP contribution is -2.62. The molecule has 4 atom stereocenters. The molecule has 9 nitrogen and oxygen atoms in total. The molecule has 0 radical (unpaired) electrons. The Morgan fingerprint density at radius 2 is 1.57 bits per heavy atom. The highest BCUT2D eigenvalue weighted by atomic mass is 32.2. The number of aliphatic hydroxyl groups is 1. The number of carbonyl (C=O) groups excluding carboxylic acids is 2. The number of aryl methyl sites for hydroxylation is 1. The van der Waals surface area contributed by atoms with Crippen LogP contribution < -0.4 is 10.6 Å². The van der Waals surface area contributed by atoms with Crippen LogP contribution in [0.15, 0.2) is 84.9 Å². The van der Waals surface area contributed by atoms with Crippen molar-refractivity contribution in [3.8, 4) is 0 Å². The van der Waals surface area contributed by atoms with E-state index in [-0.39, 0.29) is 36.3 Å². The van der Waals surface area contributed by atoms with Crippen molar-refractivity contribution in [3.05, 3.63) is 107 Å². The summed E-state index contributed by atoms with van der Waals surface area (Å²) in [6.07, 6.45) is 1.66. The summed E-state index contributed by atoms with van der Waals surface area (Å²) in [7, 11) is -3.38. The Labute approximate surface area is 292 Å². The SMILES string of the molecule is CC(C)(C)NC(=O)[C@@H]1CN(CCCc2ccccc2)CCN1C[C@@H](O)C[C@@H](Cc1ccccc1)C(=O)N[C@@H]1CS(=O)(=O)Cc2ccccc21. The molecule has 1 saturated heterocycles. The number of benzene rings is 3. The topological polar surface area (TPSA) is 119 Å². The molecular weight excluding hydrogens is 637 g/mol. The molecule has 3 aromatic rings. The minimum absolute atomic E-state index is 0.0358. The Kier molecular flexibility index (Phi) is 12.3. The molecule has 264 valence electrons. The Bertz CT molecular complexity index is 1640. The fourth-order valence-corrected chi connectivity index (χ4v) is 8.69. The van der Waals surface area contributed by atoms with E-state index in [2.05, 4.69) is 44.7 Å². The van der Waals surface area contributed by atoms with Gasteiger partial charge in [-0.2, -0.15) is 0 Å². The molecule has 5 rings (SSSR count). The third-order valence-electron chi connectivity index (χ3n) is 9.40. The van der Waals surface area contributed by atoms with Crippen LogP contribution in [0.4, 0.5) is 0 Å². The number of β-amino-alcohol motifs (C(OH)–C–C–N with tert-alkyl or cyclic N) is 1. The Morgan fingerprint density at radius 1 is 0.918 bits per heavy atom. The van der Waals surface area contributed by atoms with Crippen LogP contribution in [0.5, 0.6) is 0 Å². The molecule has 10 heteroatoms. The minimum atomic E-state index is -3.38. The smallest absolute Gasteiger partial charge is 0.239 e. The lowest BCUT2D eigenvalue weighted by Gasteiger charge is -2.42. The number of rotatable bonds is 13. The molecule has 49 heavy (non-hydrogen) atoms. The number of aliphatic hydroxyl groups excluding tert-OH is 1. The summed E-state index contributed by atoms with van der Waals surface area (Å²) in [4.78, 5) is 31.9. The molecule has 0 aliphatic carbocycles. The molecule has 0 spiro atoms. The quantitative estimate of drug-likeness (QED) is 0.249. The number of fused-ring (bicyclic) bond motifs is 1. The second-order valence-electron chi connectivity index (χ2n) is 14.7. The van der Waals surface area contributed by atoms with Gasteiger partial charge in [-0.1, -0.05) is 84.9 Å². The van der Waals surface area contributed by atoms with Crippen LogP contribution in [0.3, 0.4) is 0 Å². The van der Waals surface area contributed by atoms with Crippen molar-refractivity contribution >= 4 is 21.7 Å². The van der Waals surface area contributed by atoms with Crippen LogP contribution in [-0.2, 0) is 38.0 Å². The predicted molar refractivity (Wildman–Crippen MR) is 194 cm³/mol. The third-order valence-corrected chi connectivity index (χ3v) is 11.0. The van der Waals surface area contributed by atoms with E-state index in [0.717, 1.165) is 37.1 Å². The molecule has 2 aliphatic heterocycles. The molecule has 3 aromatic carbocycles. The van der Waals surface area contributed by atoms with Crippen molar-refractivity contribution in [3.63, 3.8) is 0 Å². The van der Waals surface area contributed by atoms with Crippen molar-refractivity contribution in [1.29, 1.82) is 0 Å². The molecule has 2 heterocycles. The van der Waals surface area contributed by atoms with E-state index in [1.54, 1.807) is 6.07 Å². The highest BCUT2D eigenvalue weighted by Gasteiger charge is 2.36. The number of hydrogen-bond acceptors (Lipinski definition) is 7. The van der Waals surface area contributed by atoms with Crippen LogP contribution in [-0.4, -0.2) is 91.3 Å². The van der Waals surface area contributed by atoms with Gasteiger partial charge in [-0.25, -0.2) is 8.42 Å². The zero-order valence-corrected chi connectivity index (χ0v) is 29.9. The monoisotopic (exact) mass is 688 g/mol. The second-order valence-corrected chi connectivity index (χ2v) is 16.8. The number of nitrogens with one attached hydrogen (secondary N) is 2. The van der Waals surface area contributed by atoms with Gasteiger partial charge in [0.2, 0.25) is 11.8 Å². The van der Waals surface area contributed by atoms with Gasteiger partial charge in [0.05, 0.1) is 23.7 Å². The summed E-state index contributed by atoms with van der Waals surface area (Å²) in [5.74, 6) is -1.15. The average molecular weight is 689 g/mol. The fourth-order valence-electron chi connectivity index (χ4n) is 7.06. The maximum Gasteiger partial charge on any atom is 0.239 e. The van der Waals surface area contributed by atoms with Gasteiger partial charge in [0, 0.05) is 37.6 Å². The van der Waals surface area contributed by atoms with E-state index in [1.807, 2.05) is 75.4 Å². The molecule has 1 fully saturated rings. The third kappa shape index (κ3) is 11.0. The van der Waals surface area contributed by atoms with E-state index < -0.39 is 39.5 Å². The molecule has 3 N–H and O–H groups in total. The van der Waals surface area contributed by atoms with Gasteiger partial charge < -0.3 is 15.7 Å². The normalized spacial score (nSPS) is 20.9. The Hall–Kier alpha value is -3.57. The van der Waals surface area contributed by atoms with Crippen molar-refractivity contribution in [2.24, 2.45) is 5.92 Å². The molecule has 0 saturated carbocycles. The Balaban J connectivity index is 1.27. The highest BCUT2D eigenvalue weighted by Crippen LogP contribution is 2.29. The van der Waals surface area contributed by atoms with E-state index in [4.69, 9.17) is 0 Å². The van der Waals surface area contributed by atoms with Crippen LogP contribution in [0.25, 0.3) is 0 Å². The lowest BCUT2D eigenvalue weighted by atomic mass is 9.91. The predicted octanol–water partition coefficient (Wildman–Crippen LogP) is 3.92. The van der Waals surface area contributed by atoms with Crippen molar-refractivity contribution in [1.82, 2.24) is 20.4 Å². The van der Waals surface area contributed by atoms with Crippen molar-refractivity contribution in [2.45, 2.75) is 75.9 Å². The highest BCUT2D eigenvalue weighted by molar-refractivity contribution is 7.90. The molecule has 0 bridgehead atoms. The maximum atomic E-state index is 13.9. The number of amides is 2. The van der Waals surface area contributed by atoms with E-state index >= 15 is 0 Å². The summed E-state index contributed by atoms with van der Waals surface area (Å²) in [6, 6.07) is 26.3. The van der Waals surface area contributed by atoms with E-state index in [0.29, 0.717) is 25.1 Å². The maximum absolute atomic E-state index is 13.9. The second kappa shape index (κ2) is 16.4. The molecule has 2 amide bonds. The number of nitrogens with zero attached hydrogens (tertiary/aromatic N) is 2. The summed E-state index contributed by atoms with van der Waals surface area (Å²) in [6.45, 7) is 8.99. The molecule has 0 unspecified atom stereocenters. The van der Waals surface area contributed by atoms with Crippen LogP contribution >= 0.6 is 0 Å². The van der Waals surface area contributed by atoms with E-state index in [1.165, 1.54) is 5.56 Å². The summed E-state index contributed by atoms with van der Waals surface area (Å²) < 4.78 is 25.5. The number of carbonyl (C=O) groups is 2. The van der Waals surface area contributed by atoms with Gasteiger partial charge in [0.15, 0.2) is 9.84 Å². The van der Waals surface area contributed by atoms with Gasteiger partial charge >= 0.3 is 0 Å². The molecular formula is C39H52N4O5S. The molecule has 2 aliphatic rings. The number of hydrogen-bond donors (Lipinski definition) is 3. The van der Waals surface area contributed by atoms with Gasteiger partial charge in [-0.05, 0) is 75.3 Å². The van der Waals surface area contributed by atoms with Gasteiger partial charge in [-0.15, -0.1) is 0 Å². The van der Waals surface area contributed by atoms with Crippen LogP contribution in [0.1, 0.15) is 61.9 Å². The summed E-state index contributed by atoms with van der Waals surface area (Å²) in [5.41, 5.74) is 3.38. The van der Waals surface area contributed by atoms with Gasteiger partial charge in [0.25, 0.3) is 0 Å². The van der Waals surface area contributed by atoms with Crippen molar-refractivity contribution in [2.75, 3.05) is 38.5 Å². The Morgan fingerprint density at radius 3 is 2.27 bits per heavy atom. The largest absolute Gasteiger partial charge is 0.392 e. The number of sulfone groups is 1. The fraction of sp³-hybridized carbons (Fsp3) is 0.487. The molecule has 0 aromatic heterocycles. The lowest BCUT2D eigenvalue weighted by molar-refractivity contribution is -0.132. The first-order valence-electron chi connectivity index (χ1n) is 17.5. The average Bonchev–Trinajstić information content (AvgIpc) is 3.04. The van der Waals surface area contributed by atoms with Crippen LogP contribution in [0.2, 0.25) is 0 Å². The van der Waals surface area contributed by atoms with Crippen LogP contribution in [0, 0.1) is 5.92 Å².